The van der Waals surface area contributed by atoms with Gasteiger partial charge in [-0.2, -0.15) is 8.78 Å². The third-order valence-electron chi connectivity index (χ3n) is 8.45. The second-order valence-electron chi connectivity index (χ2n) is 12.5. The number of likely N-dealkylation sites (tertiary alicyclic amines) is 1. The van der Waals surface area contributed by atoms with Crippen molar-refractivity contribution in [2.45, 2.75) is 70.0 Å². The number of halogens is 2. The third-order valence-corrected chi connectivity index (χ3v) is 8.45. The van der Waals surface area contributed by atoms with Crippen LogP contribution in [0.4, 0.5) is 14.5 Å². The predicted molar refractivity (Wildman–Crippen MR) is 180 cm³/mol. The molecular formula is C37H40F2N4O7. The minimum absolute atomic E-state index is 0.139. The summed E-state index contributed by atoms with van der Waals surface area (Å²) in [6.07, 6.45) is 0.833. The molecule has 264 valence electrons. The summed E-state index contributed by atoms with van der Waals surface area (Å²) < 4.78 is 31.0. The number of aryl methyl sites for hydroxylation is 1. The number of aromatic carboxylic acids is 1. The summed E-state index contributed by atoms with van der Waals surface area (Å²) in [4.78, 5) is 79.0. The molecule has 0 saturated carbocycles. The van der Waals surface area contributed by atoms with E-state index in [4.69, 9.17) is 0 Å². The highest BCUT2D eigenvalue weighted by Crippen LogP contribution is 2.25. The lowest BCUT2D eigenvalue weighted by atomic mass is 9.97. The molecule has 1 saturated heterocycles. The molecule has 13 heteroatoms. The number of ketones is 1. The average molecular weight is 691 g/mol. The SMILES string of the molecule is CC(C)[C@H](NC(=O)CCc1ccccc1)C(=O)N1CCC[C@H]1C(=O)NC(Cc1ccccc1)C(=O)C(F)(F)C(=O)Nc1cccc(C(=O)O)c1. The fourth-order valence-corrected chi connectivity index (χ4v) is 5.74. The molecule has 1 heterocycles. The summed E-state index contributed by atoms with van der Waals surface area (Å²) in [6, 6.07) is 18.1. The number of hydrogen-bond acceptors (Lipinski definition) is 6. The Bertz CT molecular complexity index is 1700. The summed E-state index contributed by atoms with van der Waals surface area (Å²) >= 11 is 0. The molecule has 1 unspecified atom stereocenters. The molecule has 1 aliphatic heterocycles. The standard InChI is InChI=1S/C37H40F2N4O7/c1-23(2)31(42-30(44)19-18-24-11-5-3-6-12-24)34(47)43-20-10-17-29(43)33(46)41-28(21-25-13-7-4-8-14-25)32(45)37(38,39)36(50)40-27-16-9-15-26(22-27)35(48)49/h3-9,11-16,22-23,28-29,31H,10,17-21H2,1-2H3,(H,40,50)(H,41,46)(H,42,44)(H,48,49)/t28?,29-,31-/m0/s1. The van der Waals surface area contributed by atoms with E-state index in [9.17, 15) is 33.9 Å². The van der Waals surface area contributed by atoms with E-state index < -0.39 is 53.5 Å². The number of Topliss-reactive ketones (excluding diaryl/α,β-unsaturated/α-hetero) is 1. The molecule has 11 nitrogen and oxygen atoms in total. The van der Waals surface area contributed by atoms with Gasteiger partial charge < -0.3 is 26.0 Å². The Morgan fingerprint density at radius 3 is 2.14 bits per heavy atom. The molecule has 0 radical (unpaired) electrons. The molecule has 4 N–H and O–H groups in total. The first-order valence-electron chi connectivity index (χ1n) is 16.3. The van der Waals surface area contributed by atoms with Crippen LogP contribution in [0.1, 0.15) is 54.6 Å². The topological polar surface area (TPSA) is 162 Å². The van der Waals surface area contributed by atoms with Gasteiger partial charge in [0.05, 0.1) is 11.6 Å². The van der Waals surface area contributed by atoms with Crippen LogP contribution in [0.15, 0.2) is 84.9 Å². The van der Waals surface area contributed by atoms with Crippen LogP contribution in [0, 0.1) is 5.92 Å². The van der Waals surface area contributed by atoms with Gasteiger partial charge in [0, 0.05) is 25.1 Å². The molecule has 3 atom stereocenters. The van der Waals surface area contributed by atoms with Crippen molar-refractivity contribution in [2.75, 3.05) is 11.9 Å². The van der Waals surface area contributed by atoms with Crippen LogP contribution >= 0.6 is 0 Å². The number of alkyl halides is 2. The molecule has 1 aliphatic rings. The smallest absolute Gasteiger partial charge is 0.383 e. The van der Waals surface area contributed by atoms with Gasteiger partial charge in [0.15, 0.2) is 0 Å². The highest BCUT2D eigenvalue weighted by molar-refractivity contribution is 6.15. The Hall–Kier alpha value is -5.46. The number of carbonyl (C=O) groups is 6. The van der Waals surface area contributed by atoms with Crippen molar-refractivity contribution in [3.8, 4) is 0 Å². The van der Waals surface area contributed by atoms with Crippen molar-refractivity contribution in [2.24, 2.45) is 5.92 Å². The van der Waals surface area contributed by atoms with E-state index >= 15 is 8.78 Å². The molecule has 3 aromatic carbocycles. The molecule has 0 bridgehead atoms. The lowest BCUT2D eigenvalue weighted by Crippen LogP contribution is -2.59. The summed E-state index contributed by atoms with van der Waals surface area (Å²) in [5.41, 5.74) is 0.849. The summed E-state index contributed by atoms with van der Waals surface area (Å²) in [5, 5.41) is 16.2. The Balaban J connectivity index is 1.49. The number of hydrogen-bond donors (Lipinski definition) is 4. The quantitative estimate of drug-likeness (QED) is 0.175. The van der Waals surface area contributed by atoms with Gasteiger partial charge >= 0.3 is 17.8 Å². The monoisotopic (exact) mass is 690 g/mol. The Morgan fingerprint density at radius 1 is 0.880 bits per heavy atom. The van der Waals surface area contributed by atoms with Crippen LogP contribution in [-0.4, -0.2) is 76.0 Å². The van der Waals surface area contributed by atoms with Crippen molar-refractivity contribution in [1.29, 1.82) is 0 Å². The molecule has 4 rings (SSSR count). The van der Waals surface area contributed by atoms with Crippen LogP contribution in [0.25, 0.3) is 0 Å². The van der Waals surface area contributed by atoms with Crippen LogP contribution in [0.3, 0.4) is 0 Å². The average Bonchev–Trinajstić information content (AvgIpc) is 3.60. The van der Waals surface area contributed by atoms with E-state index in [0.29, 0.717) is 18.4 Å². The van der Waals surface area contributed by atoms with Crippen LogP contribution in [0.5, 0.6) is 0 Å². The largest absolute Gasteiger partial charge is 0.478 e. The second kappa shape index (κ2) is 16.8. The fourth-order valence-electron chi connectivity index (χ4n) is 5.74. The lowest BCUT2D eigenvalue weighted by Gasteiger charge is -2.31. The number of benzene rings is 3. The van der Waals surface area contributed by atoms with Gasteiger partial charge in [-0.05, 0) is 54.5 Å². The Labute approximate surface area is 288 Å². The van der Waals surface area contributed by atoms with Crippen molar-refractivity contribution in [3.05, 3.63) is 102 Å². The highest BCUT2D eigenvalue weighted by Gasteiger charge is 2.51. The van der Waals surface area contributed by atoms with E-state index in [2.05, 4.69) is 10.6 Å². The van der Waals surface area contributed by atoms with Gasteiger partial charge in [-0.25, -0.2) is 4.79 Å². The molecule has 4 amide bonds. The van der Waals surface area contributed by atoms with Crippen LogP contribution in [0.2, 0.25) is 0 Å². The molecule has 3 aromatic rings. The fraction of sp³-hybridized carbons (Fsp3) is 0.351. The summed E-state index contributed by atoms with van der Waals surface area (Å²) in [5.74, 6) is -11.9. The molecule has 0 aliphatic carbocycles. The number of anilines is 1. The minimum Gasteiger partial charge on any atom is -0.478 e. The zero-order valence-corrected chi connectivity index (χ0v) is 27.7. The van der Waals surface area contributed by atoms with E-state index in [-0.39, 0.29) is 48.9 Å². The van der Waals surface area contributed by atoms with Crippen molar-refractivity contribution in [1.82, 2.24) is 15.5 Å². The number of rotatable bonds is 15. The van der Waals surface area contributed by atoms with Crippen molar-refractivity contribution >= 4 is 41.1 Å². The predicted octanol–water partition coefficient (Wildman–Crippen LogP) is 4.02. The van der Waals surface area contributed by atoms with Crippen molar-refractivity contribution < 1.29 is 42.7 Å². The van der Waals surface area contributed by atoms with Crippen LogP contribution in [-0.2, 0) is 36.8 Å². The van der Waals surface area contributed by atoms with Gasteiger partial charge in [-0.15, -0.1) is 0 Å². The number of carboxylic acids is 1. The number of carbonyl (C=O) groups excluding carboxylic acids is 5. The van der Waals surface area contributed by atoms with Gasteiger partial charge in [-0.3, -0.25) is 24.0 Å². The van der Waals surface area contributed by atoms with E-state index in [1.807, 2.05) is 35.6 Å². The first kappa shape index (κ1) is 37.4. The summed E-state index contributed by atoms with van der Waals surface area (Å²) in [7, 11) is 0. The van der Waals surface area contributed by atoms with E-state index in [0.717, 1.165) is 11.6 Å². The van der Waals surface area contributed by atoms with Gasteiger partial charge in [-0.1, -0.05) is 80.6 Å². The minimum atomic E-state index is -4.64. The number of carboxylic acid groups (broad SMARTS) is 1. The Kier molecular flexibility index (Phi) is 12.5. The van der Waals surface area contributed by atoms with Crippen LogP contribution < -0.4 is 16.0 Å². The highest BCUT2D eigenvalue weighted by atomic mass is 19.3. The van der Waals surface area contributed by atoms with Gasteiger partial charge in [0.1, 0.15) is 12.1 Å². The number of nitrogens with zero attached hydrogens (tertiary/aromatic N) is 1. The van der Waals surface area contributed by atoms with Gasteiger partial charge in [0.25, 0.3) is 0 Å². The normalized spacial score (nSPS) is 15.5. The van der Waals surface area contributed by atoms with E-state index in [1.165, 1.54) is 23.1 Å². The molecular weight excluding hydrogens is 650 g/mol. The lowest BCUT2D eigenvalue weighted by molar-refractivity contribution is -0.157. The second-order valence-corrected chi connectivity index (χ2v) is 12.5. The number of nitrogens with one attached hydrogen (secondary N) is 3. The maximum absolute atomic E-state index is 15.5. The maximum Gasteiger partial charge on any atom is 0.383 e. The third kappa shape index (κ3) is 9.58. The first-order valence-corrected chi connectivity index (χ1v) is 16.3. The van der Waals surface area contributed by atoms with Crippen molar-refractivity contribution in [3.63, 3.8) is 0 Å². The maximum atomic E-state index is 15.5. The molecule has 0 aromatic heterocycles. The molecule has 50 heavy (non-hydrogen) atoms. The van der Waals surface area contributed by atoms with E-state index in [1.54, 1.807) is 44.2 Å². The number of amides is 4. The van der Waals surface area contributed by atoms with Gasteiger partial charge in [0.2, 0.25) is 23.5 Å². The zero-order chi connectivity index (χ0) is 36.4. The molecule has 0 spiro atoms. The molecule has 1 fully saturated rings. The zero-order valence-electron chi connectivity index (χ0n) is 27.7. The first-order chi connectivity index (χ1) is 23.8. The summed E-state index contributed by atoms with van der Waals surface area (Å²) in [6.45, 7) is 3.68. The Morgan fingerprint density at radius 2 is 1.52 bits per heavy atom.